The van der Waals surface area contributed by atoms with Gasteiger partial charge in [0, 0.05) is 33.2 Å². The number of fused-ring (bicyclic) bond motifs is 9. The van der Waals surface area contributed by atoms with Crippen molar-refractivity contribution in [1.29, 1.82) is 0 Å². The summed E-state index contributed by atoms with van der Waals surface area (Å²) in [6.45, 7) is 0. The standard InChI is InChI=1S/C34H21NO2/c1-3-10-23(11-4-1)35(24-12-5-2-6-13-24)25-16-19-29-28(21-25)33-31(36-29)20-17-27-32-26-14-8-7-9-22(26)15-18-30(32)37-34(27)33/h1-21H. The fraction of sp³-hybridized carbons (Fsp3) is 0. The molecule has 0 unspecified atom stereocenters. The largest absolute Gasteiger partial charge is 0.456 e. The second-order valence-electron chi connectivity index (χ2n) is 9.37. The molecule has 2 aromatic heterocycles. The molecular weight excluding hydrogens is 454 g/mol. The van der Waals surface area contributed by atoms with Crippen molar-refractivity contribution in [2.75, 3.05) is 4.90 Å². The van der Waals surface area contributed by atoms with Crippen LogP contribution in [-0.4, -0.2) is 0 Å². The van der Waals surface area contributed by atoms with Crippen molar-refractivity contribution in [3.05, 3.63) is 127 Å². The van der Waals surface area contributed by atoms with Crippen LogP contribution in [0.1, 0.15) is 0 Å². The first-order valence-corrected chi connectivity index (χ1v) is 12.4. The Morgan fingerprint density at radius 3 is 1.84 bits per heavy atom. The molecule has 0 atom stereocenters. The van der Waals surface area contributed by atoms with Gasteiger partial charge in [-0.3, -0.25) is 0 Å². The van der Waals surface area contributed by atoms with Gasteiger partial charge in [0.2, 0.25) is 0 Å². The van der Waals surface area contributed by atoms with E-state index in [4.69, 9.17) is 8.83 Å². The first-order chi connectivity index (χ1) is 18.3. The quantitative estimate of drug-likeness (QED) is 0.255. The summed E-state index contributed by atoms with van der Waals surface area (Å²) in [6.07, 6.45) is 0. The zero-order valence-corrected chi connectivity index (χ0v) is 19.9. The summed E-state index contributed by atoms with van der Waals surface area (Å²) in [4.78, 5) is 2.27. The van der Waals surface area contributed by atoms with Crippen LogP contribution in [0.2, 0.25) is 0 Å². The zero-order valence-electron chi connectivity index (χ0n) is 19.9. The Labute approximate surface area is 212 Å². The predicted octanol–water partition coefficient (Wildman–Crippen LogP) is 10.1. The minimum Gasteiger partial charge on any atom is -0.456 e. The lowest BCUT2D eigenvalue weighted by Gasteiger charge is -2.25. The highest BCUT2D eigenvalue weighted by Crippen LogP contribution is 2.43. The van der Waals surface area contributed by atoms with Crippen LogP contribution in [0.3, 0.4) is 0 Å². The van der Waals surface area contributed by atoms with Crippen LogP contribution in [0.5, 0.6) is 0 Å². The molecule has 0 N–H and O–H groups in total. The Kier molecular flexibility index (Phi) is 4.23. The van der Waals surface area contributed by atoms with Crippen molar-refractivity contribution in [1.82, 2.24) is 0 Å². The normalized spacial score (nSPS) is 11.8. The minimum absolute atomic E-state index is 0.828. The number of hydrogen-bond acceptors (Lipinski definition) is 3. The smallest absolute Gasteiger partial charge is 0.147 e. The topological polar surface area (TPSA) is 29.5 Å². The van der Waals surface area contributed by atoms with Gasteiger partial charge in [0.25, 0.3) is 0 Å². The number of para-hydroxylation sites is 2. The molecule has 0 aliphatic rings. The summed E-state index contributed by atoms with van der Waals surface area (Å²) in [5.74, 6) is 0. The fourth-order valence-corrected chi connectivity index (χ4v) is 5.59. The van der Waals surface area contributed by atoms with E-state index in [1.165, 1.54) is 10.8 Å². The number of rotatable bonds is 3. The number of hydrogen-bond donors (Lipinski definition) is 0. The molecule has 0 spiro atoms. The molecule has 0 saturated carbocycles. The van der Waals surface area contributed by atoms with Gasteiger partial charge in [-0.15, -0.1) is 0 Å². The van der Waals surface area contributed by atoms with Crippen LogP contribution in [0.4, 0.5) is 17.1 Å². The first-order valence-electron chi connectivity index (χ1n) is 12.4. The van der Waals surface area contributed by atoms with Crippen molar-refractivity contribution >= 4 is 71.7 Å². The third kappa shape index (κ3) is 3.01. The van der Waals surface area contributed by atoms with Gasteiger partial charge < -0.3 is 13.7 Å². The molecule has 6 aromatic carbocycles. The zero-order chi connectivity index (χ0) is 24.3. The van der Waals surface area contributed by atoms with Gasteiger partial charge in [-0.25, -0.2) is 0 Å². The van der Waals surface area contributed by atoms with Gasteiger partial charge >= 0.3 is 0 Å². The lowest BCUT2D eigenvalue weighted by atomic mass is 10.0. The van der Waals surface area contributed by atoms with Crippen molar-refractivity contribution in [3.8, 4) is 0 Å². The van der Waals surface area contributed by atoms with E-state index >= 15 is 0 Å². The summed E-state index contributed by atoms with van der Waals surface area (Å²) in [5.41, 5.74) is 6.69. The van der Waals surface area contributed by atoms with E-state index < -0.39 is 0 Å². The van der Waals surface area contributed by atoms with Crippen LogP contribution < -0.4 is 4.90 Å². The monoisotopic (exact) mass is 475 g/mol. The van der Waals surface area contributed by atoms with E-state index in [1.54, 1.807) is 0 Å². The van der Waals surface area contributed by atoms with E-state index in [0.29, 0.717) is 0 Å². The van der Waals surface area contributed by atoms with Crippen molar-refractivity contribution in [3.63, 3.8) is 0 Å². The molecule has 0 aliphatic carbocycles. The summed E-state index contributed by atoms with van der Waals surface area (Å²) in [5, 5.41) is 6.71. The van der Waals surface area contributed by atoms with Gasteiger partial charge in [0.1, 0.15) is 22.3 Å². The lowest BCUT2D eigenvalue weighted by molar-refractivity contribution is 0.663. The predicted molar refractivity (Wildman–Crippen MR) is 153 cm³/mol. The van der Waals surface area contributed by atoms with E-state index in [-0.39, 0.29) is 0 Å². The van der Waals surface area contributed by atoms with Gasteiger partial charge in [-0.2, -0.15) is 0 Å². The summed E-state index contributed by atoms with van der Waals surface area (Å²) < 4.78 is 12.8. The molecule has 0 fully saturated rings. The van der Waals surface area contributed by atoms with Gasteiger partial charge in [-0.1, -0.05) is 66.7 Å². The Morgan fingerprint density at radius 1 is 0.405 bits per heavy atom. The van der Waals surface area contributed by atoms with E-state index in [0.717, 1.165) is 60.9 Å². The van der Waals surface area contributed by atoms with Crippen molar-refractivity contribution in [2.24, 2.45) is 0 Å². The second-order valence-corrected chi connectivity index (χ2v) is 9.37. The Balaban J connectivity index is 1.43. The average molecular weight is 476 g/mol. The lowest BCUT2D eigenvalue weighted by Crippen LogP contribution is -2.09. The number of benzene rings is 6. The van der Waals surface area contributed by atoms with Crippen LogP contribution in [0.15, 0.2) is 136 Å². The first kappa shape index (κ1) is 20.2. The molecule has 0 amide bonds. The Hall–Kier alpha value is -5.02. The fourth-order valence-electron chi connectivity index (χ4n) is 5.59. The number of anilines is 3. The second kappa shape index (κ2) is 7.74. The Bertz CT molecular complexity index is 2050. The molecule has 3 nitrogen and oxygen atoms in total. The van der Waals surface area contributed by atoms with Crippen molar-refractivity contribution in [2.45, 2.75) is 0 Å². The molecule has 3 heteroatoms. The highest BCUT2D eigenvalue weighted by molar-refractivity contribution is 6.26. The number of furan rings is 2. The molecule has 37 heavy (non-hydrogen) atoms. The summed E-state index contributed by atoms with van der Waals surface area (Å²) in [6, 6.07) is 44.1. The molecular formula is C34H21NO2. The summed E-state index contributed by atoms with van der Waals surface area (Å²) in [7, 11) is 0. The van der Waals surface area contributed by atoms with Crippen LogP contribution in [0.25, 0.3) is 54.6 Å². The third-order valence-corrected chi connectivity index (χ3v) is 7.23. The summed E-state index contributed by atoms with van der Waals surface area (Å²) >= 11 is 0. The van der Waals surface area contributed by atoms with Crippen molar-refractivity contribution < 1.29 is 8.83 Å². The van der Waals surface area contributed by atoms with Crippen LogP contribution in [-0.2, 0) is 0 Å². The molecule has 0 radical (unpaired) electrons. The van der Waals surface area contributed by atoms with Gasteiger partial charge in [0.05, 0.1) is 5.39 Å². The number of nitrogens with zero attached hydrogens (tertiary/aromatic N) is 1. The Morgan fingerprint density at radius 2 is 1.05 bits per heavy atom. The van der Waals surface area contributed by atoms with E-state index in [1.807, 2.05) is 12.1 Å². The van der Waals surface area contributed by atoms with Crippen LogP contribution in [0, 0.1) is 0 Å². The maximum absolute atomic E-state index is 6.54. The minimum atomic E-state index is 0.828. The third-order valence-electron chi connectivity index (χ3n) is 7.23. The molecule has 0 aliphatic heterocycles. The molecule has 0 saturated heterocycles. The molecule has 0 bridgehead atoms. The molecule has 8 rings (SSSR count). The SMILES string of the molecule is c1ccc(N(c2ccccc2)c2ccc3oc4ccc5c(oc6ccc7ccccc7c65)c4c3c2)cc1. The highest BCUT2D eigenvalue weighted by Gasteiger charge is 2.19. The maximum Gasteiger partial charge on any atom is 0.147 e. The average Bonchev–Trinajstić information content (AvgIpc) is 3.52. The van der Waals surface area contributed by atoms with Gasteiger partial charge in [0.15, 0.2) is 0 Å². The van der Waals surface area contributed by atoms with Crippen LogP contribution >= 0.6 is 0 Å². The maximum atomic E-state index is 6.54. The highest BCUT2D eigenvalue weighted by atomic mass is 16.3. The van der Waals surface area contributed by atoms with Gasteiger partial charge in [-0.05, 0) is 71.4 Å². The van der Waals surface area contributed by atoms with E-state index in [2.05, 4.69) is 120 Å². The molecule has 174 valence electrons. The molecule has 2 heterocycles. The van der Waals surface area contributed by atoms with E-state index in [9.17, 15) is 0 Å². The molecule has 8 aromatic rings.